The Bertz CT molecular complexity index is 338. The predicted molar refractivity (Wildman–Crippen MR) is 77.7 cm³/mol. The average Bonchev–Trinajstić information content (AvgIpc) is 2.61. The molecule has 0 aromatic rings. The molecule has 1 rings (SSSR count). The molecule has 2 amide bonds. The molecule has 0 aromatic heterocycles. The van der Waals surface area contributed by atoms with E-state index in [4.69, 9.17) is 4.74 Å². The number of hydrogen-bond donors (Lipinski definition) is 1. The van der Waals surface area contributed by atoms with Crippen LogP contribution in [-0.4, -0.2) is 74.5 Å². The molecule has 0 spiro atoms. The number of alkyl halides is 3. The summed E-state index contributed by atoms with van der Waals surface area (Å²) in [5, 5.41) is 2.74. The number of carbonyl (C=O) groups excluding carboxylic acids is 1. The van der Waals surface area contributed by atoms with E-state index in [1.165, 1.54) is 4.90 Å². The summed E-state index contributed by atoms with van der Waals surface area (Å²) in [6.07, 6.45) is -3.64. The molecule has 0 unspecified atom stereocenters. The van der Waals surface area contributed by atoms with E-state index < -0.39 is 12.7 Å². The van der Waals surface area contributed by atoms with Gasteiger partial charge in [-0.25, -0.2) is 4.79 Å². The molecule has 0 atom stereocenters. The quantitative estimate of drug-likeness (QED) is 0.759. The summed E-state index contributed by atoms with van der Waals surface area (Å²) in [6, 6.07) is -0.234. The first-order valence-corrected chi connectivity index (χ1v) is 7.67. The van der Waals surface area contributed by atoms with Gasteiger partial charge in [0, 0.05) is 39.3 Å². The number of urea groups is 1. The van der Waals surface area contributed by atoms with Crippen LogP contribution in [-0.2, 0) is 4.74 Å². The molecule has 5 nitrogen and oxygen atoms in total. The van der Waals surface area contributed by atoms with Crippen LogP contribution >= 0.6 is 0 Å². The molecule has 1 fully saturated rings. The van der Waals surface area contributed by atoms with E-state index in [1.807, 2.05) is 13.8 Å². The van der Waals surface area contributed by atoms with Crippen molar-refractivity contribution in [1.29, 1.82) is 0 Å². The van der Waals surface area contributed by atoms with Gasteiger partial charge < -0.3 is 15.0 Å². The van der Waals surface area contributed by atoms with Crippen molar-refractivity contribution < 1.29 is 22.7 Å². The van der Waals surface area contributed by atoms with E-state index >= 15 is 0 Å². The maximum absolute atomic E-state index is 12.4. The van der Waals surface area contributed by atoms with Gasteiger partial charge in [0.05, 0.1) is 13.2 Å². The Morgan fingerprint density at radius 3 is 2.59 bits per heavy atom. The first kappa shape index (κ1) is 19.0. The largest absolute Gasteiger partial charge is 0.401 e. The van der Waals surface area contributed by atoms with Crippen molar-refractivity contribution in [2.24, 2.45) is 5.92 Å². The first-order chi connectivity index (χ1) is 10.3. The number of halogens is 3. The topological polar surface area (TPSA) is 44.8 Å². The Morgan fingerprint density at radius 1 is 1.23 bits per heavy atom. The standard InChI is InChI=1S/C14H26F3N3O2/c1-12(2)10-22-9-4-18-13(21)20-6-3-5-19(7-8-20)11-14(15,16)17/h12H,3-11H2,1-2H3,(H,18,21). The van der Waals surface area contributed by atoms with Gasteiger partial charge in [0.25, 0.3) is 0 Å². The van der Waals surface area contributed by atoms with Crippen molar-refractivity contribution in [2.45, 2.75) is 26.4 Å². The highest BCUT2D eigenvalue weighted by atomic mass is 19.4. The third-order valence-electron chi connectivity index (χ3n) is 3.25. The SMILES string of the molecule is CC(C)COCCNC(=O)N1CCCN(CC(F)(F)F)CC1. The molecule has 22 heavy (non-hydrogen) atoms. The summed E-state index contributed by atoms with van der Waals surface area (Å²) in [7, 11) is 0. The average molecular weight is 325 g/mol. The van der Waals surface area contributed by atoms with Crippen LogP contribution in [0.5, 0.6) is 0 Å². The van der Waals surface area contributed by atoms with E-state index in [0.29, 0.717) is 51.7 Å². The zero-order valence-corrected chi connectivity index (χ0v) is 13.3. The van der Waals surface area contributed by atoms with Crippen molar-refractivity contribution in [2.75, 3.05) is 52.5 Å². The smallest absolute Gasteiger partial charge is 0.379 e. The highest BCUT2D eigenvalue weighted by molar-refractivity contribution is 5.74. The van der Waals surface area contributed by atoms with Crippen LogP contribution in [0.3, 0.4) is 0 Å². The Kier molecular flexibility index (Phi) is 7.95. The predicted octanol–water partition coefficient (Wildman–Crippen LogP) is 1.94. The molecular formula is C14H26F3N3O2. The number of carbonyl (C=O) groups is 1. The van der Waals surface area contributed by atoms with Gasteiger partial charge in [0.15, 0.2) is 0 Å². The Morgan fingerprint density at radius 2 is 1.95 bits per heavy atom. The molecule has 1 aliphatic heterocycles. The second-order valence-electron chi connectivity index (χ2n) is 5.93. The number of nitrogens with zero attached hydrogens (tertiary/aromatic N) is 2. The fourth-order valence-corrected chi connectivity index (χ4v) is 2.25. The van der Waals surface area contributed by atoms with Crippen molar-refractivity contribution in [3.05, 3.63) is 0 Å². The summed E-state index contributed by atoms with van der Waals surface area (Å²) < 4.78 is 42.5. The first-order valence-electron chi connectivity index (χ1n) is 7.67. The summed E-state index contributed by atoms with van der Waals surface area (Å²) in [6.45, 7) is 6.08. The van der Waals surface area contributed by atoms with Crippen LogP contribution in [0.4, 0.5) is 18.0 Å². The molecule has 130 valence electrons. The minimum Gasteiger partial charge on any atom is -0.379 e. The summed E-state index contributed by atoms with van der Waals surface area (Å²) in [5.41, 5.74) is 0. The third-order valence-corrected chi connectivity index (χ3v) is 3.25. The molecular weight excluding hydrogens is 299 g/mol. The fraction of sp³-hybridized carbons (Fsp3) is 0.929. The highest BCUT2D eigenvalue weighted by Gasteiger charge is 2.31. The van der Waals surface area contributed by atoms with Crippen LogP contribution in [0.25, 0.3) is 0 Å². The van der Waals surface area contributed by atoms with Gasteiger partial charge in [-0.3, -0.25) is 4.90 Å². The van der Waals surface area contributed by atoms with Crippen LogP contribution in [0.2, 0.25) is 0 Å². The maximum Gasteiger partial charge on any atom is 0.401 e. The lowest BCUT2D eigenvalue weighted by atomic mass is 10.2. The summed E-state index contributed by atoms with van der Waals surface area (Å²) >= 11 is 0. The molecule has 1 heterocycles. The Balaban J connectivity index is 2.24. The number of rotatable bonds is 6. The lowest BCUT2D eigenvalue weighted by molar-refractivity contribution is -0.145. The summed E-state index contributed by atoms with van der Waals surface area (Å²) in [5.74, 6) is 0.445. The van der Waals surface area contributed by atoms with Crippen LogP contribution in [0.1, 0.15) is 20.3 Å². The van der Waals surface area contributed by atoms with Gasteiger partial charge in [-0.05, 0) is 12.3 Å². The van der Waals surface area contributed by atoms with E-state index in [-0.39, 0.29) is 12.6 Å². The monoisotopic (exact) mass is 325 g/mol. The highest BCUT2D eigenvalue weighted by Crippen LogP contribution is 2.17. The molecule has 8 heteroatoms. The van der Waals surface area contributed by atoms with Gasteiger partial charge in [-0.2, -0.15) is 13.2 Å². The normalized spacial score (nSPS) is 17.6. The van der Waals surface area contributed by atoms with Gasteiger partial charge in [-0.15, -0.1) is 0 Å². The van der Waals surface area contributed by atoms with Gasteiger partial charge in [0.2, 0.25) is 0 Å². The molecule has 0 radical (unpaired) electrons. The number of ether oxygens (including phenoxy) is 1. The molecule has 1 N–H and O–H groups in total. The molecule has 0 aliphatic carbocycles. The number of amides is 2. The Hall–Kier alpha value is -1.02. The zero-order valence-electron chi connectivity index (χ0n) is 13.3. The maximum atomic E-state index is 12.4. The lowest BCUT2D eigenvalue weighted by Gasteiger charge is -2.23. The van der Waals surface area contributed by atoms with E-state index in [1.54, 1.807) is 4.90 Å². The minimum absolute atomic E-state index is 0.234. The zero-order chi connectivity index (χ0) is 16.6. The van der Waals surface area contributed by atoms with E-state index in [0.717, 1.165) is 0 Å². The van der Waals surface area contributed by atoms with E-state index in [2.05, 4.69) is 5.32 Å². The summed E-state index contributed by atoms with van der Waals surface area (Å²) in [4.78, 5) is 14.9. The molecule has 0 aromatic carbocycles. The van der Waals surface area contributed by atoms with E-state index in [9.17, 15) is 18.0 Å². The molecule has 1 aliphatic rings. The van der Waals surface area contributed by atoms with Gasteiger partial charge in [-0.1, -0.05) is 13.8 Å². The lowest BCUT2D eigenvalue weighted by Crippen LogP contribution is -2.43. The van der Waals surface area contributed by atoms with Crippen molar-refractivity contribution >= 4 is 6.03 Å². The van der Waals surface area contributed by atoms with Crippen LogP contribution in [0.15, 0.2) is 0 Å². The number of hydrogen-bond acceptors (Lipinski definition) is 3. The van der Waals surface area contributed by atoms with Crippen LogP contribution < -0.4 is 5.32 Å². The van der Waals surface area contributed by atoms with Crippen LogP contribution in [0, 0.1) is 5.92 Å². The van der Waals surface area contributed by atoms with Crippen molar-refractivity contribution in [3.8, 4) is 0 Å². The van der Waals surface area contributed by atoms with Gasteiger partial charge in [0.1, 0.15) is 0 Å². The van der Waals surface area contributed by atoms with Crippen molar-refractivity contribution in [1.82, 2.24) is 15.1 Å². The third kappa shape index (κ3) is 8.43. The van der Waals surface area contributed by atoms with Crippen molar-refractivity contribution in [3.63, 3.8) is 0 Å². The second kappa shape index (κ2) is 9.19. The molecule has 0 bridgehead atoms. The minimum atomic E-state index is -4.19. The molecule has 0 saturated carbocycles. The fourth-order valence-electron chi connectivity index (χ4n) is 2.25. The Labute approximate surface area is 129 Å². The molecule has 1 saturated heterocycles. The van der Waals surface area contributed by atoms with Gasteiger partial charge >= 0.3 is 12.2 Å². The number of nitrogens with one attached hydrogen (secondary N) is 1. The second-order valence-corrected chi connectivity index (χ2v) is 5.93.